The van der Waals surface area contributed by atoms with Gasteiger partial charge in [-0.2, -0.15) is 6.67 Å². The molecule has 7 nitrogen and oxygen atoms in total. The van der Waals surface area contributed by atoms with E-state index in [1.54, 1.807) is 4.61 Å². The maximum atomic E-state index is 12.4. The Labute approximate surface area is 267 Å². The van der Waals surface area contributed by atoms with Gasteiger partial charge in [-0.25, -0.2) is 0 Å². The number of non-ortho nitro benzene ring substituents is 1. The van der Waals surface area contributed by atoms with Crippen molar-refractivity contribution >= 4 is 46.8 Å². The van der Waals surface area contributed by atoms with Gasteiger partial charge in [0.05, 0.1) is 0 Å². The summed E-state index contributed by atoms with van der Waals surface area (Å²) in [6.07, 6.45) is 1.61. The van der Waals surface area contributed by atoms with Crippen molar-refractivity contribution in [1.82, 2.24) is 0 Å². The van der Waals surface area contributed by atoms with Crippen molar-refractivity contribution in [2.45, 2.75) is 60.4 Å². The second-order valence-electron chi connectivity index (χ2n) is 11.3. The molecule has 0 saturated carbocycles. The van der Waals surface area contributed by atoms with Crippen LogP contribution in [0.2, 0.25) is 0 Å². The molecule has 2 aliphatic heterocycles. The normalized spacial score (nSPS) is 16.6. The van der Waals surface area contributed by atoms with E-state index in [-0.39, 0.29) is 17.5 Å². The zero-order valence-electron chi connectivity index (χ0n) is 25.4. The number of benzene rings is 3. The van der Waals surface area contributed by atoms with Gasteiger partial charge in [-0.05, 0) is 63.8 Å². The molecule has 0 bridgehead atoms. The number of aryl methyl sites for hydroxylation is 6. The Kier molecular flexibility index (Phi) is 11.2. The number of nitro groups is 1. The third-order valence-corrected chi connectivity index (χ3v) is 9.52. The standard InChI is InChI=1S/C21H27N2.C12H11N2O3.2ClH.Ru/c1-14-9-16(3)20(17(4)10-14)22-7-8-23(13-22)21-18(5)11-15(2)12-19(21)6;1-8-7-9(14(16)17)4-5-10(8)12(15)11-3-2-6-13-11;;;/h9-13H,7-8H2,1-6H3;1,4-5,7,11H,2-3,6H2;2*1H;/q2*-1;;;+2/p-2/t;11-;;;/m.0.../s1. The van der Waals surface area contributed by atoms with Gasteiger partial charge in [-0.1, -0.05) is 35.4 Å². The number of hydrogen-bond acceptors (Lipinski definition) is 5. The van der Waals surface area contributed by atoms with Crippen molar-refractivity contribution in [3.63, 3.8) is 0 Å². The second-order valence-corrected chi connectivity index (χ2v) is 17.0. The number of anilines is 2. The molecule has 2 fully saturated rings. The molecule has 3 aromatic carbocycles. The van der Waals surface area contributed by atoms with Crippen LogP contribution in [0.3, 0.4) is 0 Å². The number of hydrogen-bond donors (Lipinski definition) is 0. The Morgan fingerprint density at radius 2 is 1.44 bits per heavy atom. The molecule has 10 heteroatoms. The Morgan fingerprint density at radius 3 is 1.86 bits per heavy atom. The van der Waals surface area contributed by atoms with E-state index in [9.17, 15) is 14.9 Å². The van der Waals surface area contributed by atoms with Crippen LogP contribution in [0.1, 0.15) is 62.1 Å². The molecule has 2 saturated heterocycles. The summed E-state index contributed by atoms with van der Waals surface area (Å²) in [5.41, 5.74) is 11.6. The molecule has 0 N–H and O–H groups in total. The van der Waals surface area contributed by atoms with Crippen LogP contribution in [0.15, 0.2) is 42.5 Å². The molecule has 0 unspecified atom stereocenters. The number of ketones is 1. The number of halogens is 2. The fourth-order valence-electron chi connectivity index (χ4n) is 6.16. The number of rotatable bonds is 6. The van der Waals surface area contributed by atoms with Gasteiger partial charge in [0.2, 0.25) is 0 Å². The summed E-state index contributed by atoms with van der Waals surface area (Å²) < 4.78 is 1.56. The fraction of sp³-hybridized carbons (Fsp3) is 0.364. The second kappa shape index (κ2) is 14.4. The Hall–Kier alpha value is -2.64. The summed E-state index contributed by atoms with van der Waals surface area (Å²) in [6, 6.07) is 12.9. The Morgan fingerprint density at radius 1 is 0.930 bits per heavy atom. The van der Waals surface area contributed by atoms with Crippen molar-refractivity contribution in [3.8, 4) is 0 Å². The SMILES string of the molecule is Cc1cc(C)c(N2[CH-]N(c3c(C)cc(C)cc3C)CC2)c(C)c1.O=C(c1ccc([N+](=O)[O-])cc1[CH]=[Ru]([Cl])[Cl])[C@@H]1CCC[N-]1. The maximum absolute atomic E-state index is 12.4. The molecule has 3 aromatic rings. The molecule has 5 rings (SSSR count). The molecule has 2 heterocycles. The first-order valence-electron chi connectivity index (χ1n) is 14.2. The van der Waals surface area contributed by atoms with Gasteiger partial charge in [-0.15, -0.1) is 0 Å². The monoisotopic (exact) mass is 710 g/mol. The third kappa shape index (κ3) is 8.10. The minimum absolute atomic E-state index is 0.0834. The van der Waals surface area contributed by atoms with Gasteiger partial charge >= 0.3 is 129 Å². The zero-order valence-corrected chi connectivity index (χ0v) is 28.7. The average Bonchev–Trinajstić information content (AvgIpc) is 3.60. The summed E-state index contributed by atoms with van der Waals surface area (Å²) in [4.78, 5) is 27.5. The summed E-state index contributed by atoms with van der Waals surface area (Å²) in [7, 11) is 11.7. The van der Waals surface area contributed by atoms with E-state index in [2.05, 4.69) is 87.6 Å². The van der Waals surface area contributed by atoms with E-state index in [1.807, 2.05) is 0 Å². The van der Waals surface area contributed by atoms with E-state index >= 15 is 0 Å². The van der Waals surface area contributed by atoms with E-state index in [1.165, 1.54) is 63.0 Å². The minimum atomic E-state index is -2.18. The van der Waals surface area contributed by atoms with Crippen molar-refractivity contribution < 1.29 is 23.2 Å². The van der Waals surface area contributed by atoms with Gasteiger partial charge in [0, 0.05) is 24.5 Å². The van der Waals surface area contributed by atoms with Crippen LogP contribution in [0, 0.1) is 58.3 Å². The van der Waals surface area contributed by atoms with E-state index in [4.69, 9.17) is 19.4 Å². The van der Waals surface area contributed by atoms with Crippen LogP contribution in [-0.4, -0.2) is 41.0 Å². The summed E-state index contributed by atoms with van der Waals surface area (Å²) >= 11 is -2.18. The van der Waals surface area contributed by atoms with Gasteiger partial charge < -0.3 is 9.80 Å². The molecule has 0 aromatic heterocycles. The number of Topliss-reactive ketones (excluding diaryl/α,β-unsaturated/α-hetero) is 1. The number of nitrogens with zero attached hydrogens (tertiary/aromatic N) is 4. The van der Waals surface area contributed by atoms with Crippen molar-refractivity contribution in [2.24, 2.45) is 0 Å². The number of carbonyl (C=O) groups is 1. The fourth-order valence-corrected chi connectivity index (χ4v) is 7.97. The van der Waals surface area contributed by atoms with Gasteiger partial charge in [0.15, 0.2) is 0 Å². The number of nitro benzene ring substituents is 1. The van der Waals surface area contributed by atoms with Crippen molar-refractivity contribution in [2.75, 3.05) is 29.4 Å². The molecule has 0 aliphatic carbocycles. The van der Waals surface area contributed by atoms with Crippen LogP contribution >= 0.6 is 19.4 Å². The quantitative estimate of drug-likeness (QED) is 0.0845. The van der Waals surface area contributed by atoms with E-state index in [0.717, 1.165) is 25.9 Å². The molecule has 43 heavy (non-hydrogen) atoms. The predicted molar refractivity (Wildman–Crippen MR) is 176 cm³/mol. The Bertz CT molecular complexity index is 1460. The summed E-state index contributed by atoms with van der Waals surface area (Å²) in [5.74, 6) is -0.118. The molecule has 2 aliphatic rings. The van der Waals surface area contributed by atoms with E-state index in [0.29, 0.717) is 17.7 Å². The Balaban J connectivity index is 0.000000199. The van der Waals surface area contributed by atoms with Crippen LogP contribution in [-0.2, 0) is 13.5 Å². The molecule has 1 atom stereocenters. The van der Waals surface area contributed by atoms with E-state index < -0.39 is 18.4 Å². The van der Waals surface area contributed by atoms with Gasteiger partial charge in [-0.3, -0.25) is 0 Å². The molecule has 0 amide bonds. The zero-order chi connectivity index (χ0) is 31.4. The average molecular weight is 711 g/mol. The predicted octanol–water partition coefficient (Wildman–Crippen LogP) is 8.37. The molecular weight excluding hydrogens is 672 g/mol. The third-order valence-electron chi connectivity index (χ3n) is 7.69. The molecule has 232 valence electrons. The first-order chi connectivity index (χ1) is 20.3. The first-order valence-corrected chi connectivity index (χ1v) is 19.7. The van der Waals surface area contributed by atoms with Gasteiger partial charge in [0.25, 0.3) is 0 Å². The van der Waals surface area contributed by atoms with Crippen LogP contribution < -0.4 is 9.80 Å². The van der Waals surface area contributed by atoms with Gasteiger partial charge in [0.1, 0.15) is 0 Å². The number of carbonyl (C=O) groups excluding carboxylic acids is 1. The van der Waals surface area contributed by atoms with Crippen LogP contribution in [0.5, 0.6) is 0 Å². The molecule has 0 spiro atoms. The molecule has 0 radical (unpaired) electrons. The van der Waals surface area contributed by atoms with Crippen molar-refractivity contribution in [1.29, 1.82) is 0 Å². The molecular formula is C33H38Cl2N4O3Ru-2. The summed E-state index contributed by atoms with van der Waals surface area (Å²) in [6.45, 7) is 18.3. The first kappa shape index (κ1) is 33.3. The van der Waals surface area contributed by atoms with Crippen molar-refractivity contribution in [3.05, 3.63) is 109 Å². The topological polar surface area (TPSA) is 80.8 Å². The van der Waals surface area contributed by atoms with Crippen LogP contribution in [0.4, 0.5) is 17.1 Å². The van der Waals surface area contributed by atoms with Crippen LogP contribution in [0.25, 0.3) is 5.32 Å². The summed E-state index contributed by atoms with van der Waals surface area (Å²) in [5, 5.41) is 15.0.